The summed E-state index contributed by atoms with van der Waals surface area (Å²) in [5.74, 6) is 0.489. The van der Waals surface area contributed by atoms with Gasteiger partial charge < -0.3 is 10.2 Å². The highest BCUT2D eigenvalue weighted by molar-refractivity contribution is 5.92. The van der Waals surface area contributed by atoms with Crippen LogP contribution in [0.25, 0.3) is 11.1 Å². The lowest BCUT2D eigenvalue weighted by Gasteiger charge is -2.15. The highest BCUT2D eigenvalue weighted by atomic mass is 16.1. The third-order valence-electron chi connectivity index (χ3n) is 4.87. The number of aryl methyl sites for hydroxylation is 1. The highest BCUT2D eigenvalue weighted by Gasteiger charge is 2.15. The van der Waals surface area contributed by atoms with Crippen LogP contribution in [0.2, 0.25) is 0 Å². The fraction of sp³-hybridized carbons (Fsp3) is 0.250. The van der Waals surface area contributed by atoms with Gasteiger partial charge in [0.05, 0.1) is 0 Å². The number of carbonyl (C=O) groups is 1. The molecule has 28 heavy (non-hydrogen) atoms. The second-order valence-corrected chi connectivity index (χ2v) is 7.41. The summed E-state index contributed by atoms with van der Waals surface area (Å²) in [6.45, 7) is 3.92. The SMILES string of the molecule is Cc1cc(-c2ccc(N(C)C)cc2)cnc1NC(=O)C(C)Cc1ccccc1. The van der Waals surface area contributed by atoms with Gasteiger partial charge in [0, 0.05) is 37.5 Å². The van der Waals surface area contributed by atoms with Gasteiger partial charge in [0.15, 0.2) is 0 Å². The summed E-state index contributed by atoms with van der Waals surface area (Å²) < 4.78 is 0. The van der Waals surface area contributed by atoms with Gasteiger partial charge in [-0.1, -0.05) is 49.4 Å². The Bertz CT molecular complexity index is 934. The van der Waals surface area contributed by atoms with Crippen LogP contribution in [-0.2, 0) is 11.2 Å². The summed E-state index contributed by atoms with van der Waals surface area (Å²) in [5, 5.41) is 2.98. The van der Waals surface area contributed by atoms with Crippen LogP contribution >= 0.6 is 0 Å². The van der Waals surface area contributed by atoms with E-state index in [1.165, 1.54) is 0 Å². The van der Waals surface area contributed by atoms with E-state index in [9.17, 15) is 4.79 Å². The Labute approximate surface area is 167 Å². The van der Waals surface area contributed by atoms with Gasteiger partial charge in [0.1, 0.15) is 5.82 Å². The van der Waals surface area contributed by atoms with E-state index in [-0.39, 0.29) is 11.8 Å². The van der Waals surface area contributed by atoms with Crippen molar-refractivity contribution < 1.29 is 4.79 Å². The molecule has 0 radical (unpaired) electrons. The summed E-state index contributed by atoms with van der Waals surface area (Å²) in [4.78, 5) is 19.1. The van der Waals surface area contributed by atoms with E-state index in [2.05, 4.69) is 45.5 Å². The van der Waals surface area contributed by atoms with Crippen molar-refractivity contribution in [2.75, 3.05) is 24.3 Å². The number of hydrogen-bond donors (Lipinski definition) is 1. The van der Waals surface area contributed by atoms with Crippen molar-refractivity contribution in [2.45, 2.75) is 20.3 Å². The molecule has 0 fully saturated rings. The third kappa shape index (κ3) is 4.77. The van der Waals surface area contributed by atoms with Crippen molar-refractivity contribution in [3.05, 3.63) is 78.0 Å². The molecule has 0 bridgehead atoms. The molecule has 0 aliphatic rings. The van der Waals surface area contributed by atoms with E-state index in [1.807, 2.05) is 64.5 Å². The molecule has 0 aliphatic carbocycles. The number of aromatic nitrogens is 1. The van der Waals surface area contributed by atoms with Crippen LogP contribution in [0.15, 0.2) is 66.9 Å². The van der Waals surface area contributed by atoms with E-state index in [0.29, 0.717) is 12.2 Å². The van der Waals surface area contributed by atoms with Gasteiger partial charge in [-0.05, 0) is 48.2 Å². The van der Waals surface area contributed by atoms with Crippen molar-refractivity contribution in [1.82, 2.24) is 4.98 Å². The lowest BCUT2D eigenvalue weighted by atomic mass is 10.0. The summed E-state index contributed by atoms with van der Waals surface area (Å²) in [6.07, 6.45) is 2.52. The molecule has 3 rings (SSSR count). The van der Waals surface area contributed by atoms with Crippen LogP contribution in [0.4, 0.5) is 11.5 Å². The Kier molecular flexibility index (Phi) is 6.09. The van der Waals surface area contributed by atoms with Gasteiger partial charge in [-0.2, -0.15) is 0 Å². The van der Waals surface area contributed by atoms with Gasteiger partial charge >= 0.3 is 0 Å². The van der Waals surface area contributed by atoms with E-state index >= 15 is 0 Å². The monoisotopic (exact) mass is 373 g/mol. The van der Waals surface area contributed by atoms with E-state index < -0.39 is 0 Å². The molecule has 1 amide bonds. The number of benzene rings is 2. The fourth-order valence-electron chi connectivity index (χ4n) is 3.12. The molecular weight excluding hydrogens is 346 g/mol. The van der Waals surface area contributed by atoms with Gasteiger partial charge in [0.2, 0.25) is 5.91 Å². The molecule has 4 nitrogen and oxygen atoms in total. The first kappa shape index (κ1) is 19.6. The maximum atomic E-state index is 12.6. The van der Waals surface area contributed by atoms with Crippen LogP contribution in [0, 0.1) is 12.8 Å². The van der Waals surface area contributed by atoms with E-state index in [1.54, 1.807) is 0 Å². The molecule has 1 heterocycles. The van der Waals surface area contributed by atoms with Gasteiger partial charge in [-0.25, -0.2) is 4.98 Å². The number of nitrogens with zero attached hydrogens (tertiary/aromatic N) is 2. The zero-order valence-corrected chi connectivity index (χ0v) is 16.9. The maximum Gasteiger partial charge on any atom is 0.228 e. The van der Waals surface area contributed by atoms with Crippen molar-refractivity contribution in [3.8, 4) is 11.1 Å². The number of amides is 1. The highest BCUT2D eigenvalue weighted by Crippen LogP contribution is 2.25. The lowest BCUT2D eigenvalue weighted by molar-refractivity contribution is -0.119. The van der Waals surface area contributed by atoms with Gasteiger partial charge in [-0.3, -0.25) is 4.79 Å². The Hall–Kier alpha value is -3.14. The Morgan fingerprint density at radius 3 is 2.32 bits per heavy atom. The number of rotatable bonds is 6. The summed E-state index contributed by atoms with van der Waals surface area (Å²) in [6, 6.07) is 20.5. The molecule has 1 unspecified atom stereocenters. The zero-order chi connectivity index (χ0) is 20.1. The summed E-state index contributed by atoms with van der Waals surface area (Å²) in [7, 11) is 4.05. The largest absolute Gasteiger partial charge is 0.378 e. The Morgan fingerprint density at radius 1 is 1.04 bits per heavy atom. The fourth-order valence-corrected chi connectivity index (χ4v) is 3.12. The topological polar surface area (TPSA) is 45.2 Å². The molecule has 0 spiro atoms. The lowest BCUT2D eigenvalue weighted by Crippen LogP contribution is -2.23. The second-order valence-electron chi connectivity index (χ2n) is 7.41. The van der Waals surface area contributed by atoms with Gasteiger partial charge in [-0.15, -0.1) is 0 Å². The van der Waals surface area contributed by atoms with Crippen LogP contribution in [0.1, 0.15) is 18.1 Å². The average Bonchev–Trinajstić information content (AvgIpc) is 2.70. The van der Waals surface area contributed by atoms with Crippen LogP contribution < -0.4 is 10.2 Å². The molecule has 1 N–H and O–H groups in total. The minimum absolute atomic E-state index is 0.0115. The first-order valence-electron chi connectivity index (χ1n) is 9.53. The molecule has 0 saturated heterocycles. The molecule has 144 valence electrons. The molecule has 0 aliphatic heterocycles. The molecule has 1 atom stereocenters. The minimum atomic E-state index is -0.123. The van der Waals surface area contributed by atoms with Crippen molar-refractivity contribution in [1.29, 1.82) is 0 Å². The standard InChI is InChI=1S/C24H27N3O/c1-17-15-21(20-10-12-22(13-11-20)27(3)4)16-25-23(17)26-24(28)18(2)14-19-8-6-5-7-9-19/h5-13,15-16,18H,14H2,1-4H3,(H,25,26,28). The van der Waals surface area contributed by atoms with Crippen molar-refractivity contribution in [3.63, 3.8) is 0 Å². The van der Waals surface area contributed by atoms with Crippen molar-refractivity contribution in [2.24, 2.45) is 5.92 Å². The molecular formula is C24H27N3O. The molecule has 4 heteroatoms. The molecule has 1 aromatic heterocycles. The number of carbonyl (C=O) groups excluding carboxylic acids is 1. The second kappa shape index (κ2) is 8.70. The van der Waals surface area contributed by atoms with Crippen molar-refractivity contribution >= 4 is 17.4 Å². The van der Waals surface area contributed by atoms with Crippen LogP contribution in [-0.4, -0.2) is 25.0 Å². The normalized spacial score (nSPS) is 11.7. The number of nitrogens with one attached hydrogen (secondary N) is 1. The Balaban J connectivity index is 1.69. The predicted molar refractivity (Wildman–Crippen MR) is 117 cm³/mol. The zero-order valence-electron chi connectivity index (χ0n) is 16.9. The first-order valence-corrected chi connectivity index (χ1v) is 9.53. The Morgan fingerprint density at radius 2 is 1.71 bits per heavy atom. The average molecular weight is 374 g/mol. The first-order chi connectivity index (χ1) is 13.4. The quantitative estimate of drug-likeness (QED) is 0.666. The smallest absolute Gasteiger partial charge is 0.228 e. The number of hydrogen-bond acceptors (Lipinski definition) is 3. The maximum absolute atomic E-state index is 12.6. The summed E-state index contributed by atoms with van der Waals surface area (Å²) >= 11 is 0. The third-order valence-corrected chi connectivity index (χ3v) is 4.87. The van der Waals surface area contributed by atoms with Crippen LogP contribution in [0.3, 0.4) is 0 Å². The summed E-state index contributed by atoms with van der Waals surface area (Å²) in [5.41, 5.74) is 5.42. The van der Waals surface area contributed by atoms with Gasteiger partial charge in [0.25, 0.3) is 0 Å². The van der Waals surface area contributed by atoms with Crippen LogP contribution in [0.5, 0.6) is 0 Å². The molecule has 3 aromatic rings. The molecule has 0 saturated carbocycles. The minimum Gasteiger partial charge on any atom is -0.378 e. The number of anilines is 2. The number of pyridine rings is 1. The van der Waals surface area contributed by atoms with E-state index in [0.717, 1.165) is 27.9 Å². The predicted octanol–water partition coefficient (Wildman–Crippen LogP) is 4.94. The molecule has 2 aromatic carbocycles. The van der Waals surface area contributed by atoms with E-state index in [4.69, 9.17) is 0 Å².